The first-order valence-corrected chi connectivity index (χ1v) is 8.74. The van der Waals surface area contributed by atoms with E-state index in [1.165, 1.54) is 21.6 Å². The van der Waals surface area contributed by atoms with Crippen LogP contribution in [0, 0.1) is 6.92 Å². The van der Waals surface area contributed by atoms with E-state index in [4.69, 9.17) is 11.6 Å². The lowest BCUT2D eigenvalue weighted by Gasteiger charge is -2.12. The molecule has 0 saturated carbocycles. The minimum atomic E-state index is 0.837. The van der Waals surface area contributed by atoms with Gasteiger partial charge >= 0.3 is 0 Å². The third-order valence-corrected chi connectivity index (χ3v) is 4.95. The van der Waals surface area contributed by atoms with Crippen molar-refractivity contribution >= 4 is 23.4 Å². The molecule has 0 unspecified atom stereocenters. The Bertz CT molecular complexity index is 583. The number of benzene rings is 2. The molecular formula is C18H22ClNS. The molecule has 2 rings (SSSR count). The molecule has 2 aromatic carbocycles. The number of halogens is 1. The molecule has 0 aliphatic rings. The van der Waals surface area contributed by atoms with E-state index < -0.39 is 0 Å². The second-order valence-electron chi connectivity index (χ2n) is 5.11. The molecule has 0 bridgehead atoms. The van der Waals surface area contributed by atoms with E-state index in [0.717, 1.165) is 30.3 Å². The van der Waals surface area contributed by atoms with Crippen LogP contribution in [-0.2, 0) is 12.3 Å². The number of hydrogen-bond acceptors (Lipinski definition) is 2. The third-order valence-electron chi connectivity index (χ3n) is 3.45. The Labute approximate surface area is 137 Å². The zero-order valence-corrected chi connectivity index (χ0v) is 14.2. The van der Waals surface area contributed by atoms with E-state index in [1.54, 1.807) is 0 Å². The summed E-state index contributed by atoms with van der Waals surface area (Å²) in [6.45, 7) is 6.20. The van der Waals surface area contributed by atoms with Crippen molar-refractivity contribution in [2.45, 2.75) is 37.5 Å². The lowest BCUT2D eigenvalue weighted by atomic mass is 10.1. The van der Waals surface area contributed by atoms with Crippen LogP contribution in [0.3, 0.4) is 0 Å². The molecule has 0 atom stereocenters. The highest BCUT2D eigenvalue weighted by molar-refractivity contribution is 7.98. The van der Waals surface area contributed by atoms with Crippen molar-refractivity contribution in [1.29, 1.82) is 0 Å². The van der Waals surface area contributed by atoms with E-state index in [9.17, 15) is 0 Å². The van der Waals surface area contributed by atoms with Gasteiger partial charge < -0.3 is 5.32 Å². The van der Waals surface area contributed by atoms with Crippen LogP contribution in [0.1, 0.15) is 30.0 Å². The highest BCUT2D eigenvalue weighted by atomic mass is 35.5. The average molecular weight is 320 g/mol. The Kier molecular flexibility index (Phi) is 6.62. The van der Waals surface area contributed by atoms with Crippen LogP contribution in [0.5, 0.6) is 0 Å². The normalized spacial score (nSPS) is 10.8. The molecule has 1 nitrogen and oxygen atoms in total. The molecule has 0 radical (unpaired) electrons. The molecule has 0 aliphatic carbocycles. The Morgan fingerprint density at radius 3 is 2.67 bits per heavy atom. The van der Waals surface area contributed by atoms with Gasteiger partial charge in [-0.2, -0.15) is 0 Å². The van der Waals surface area contributed by atoms with Crippen molar-refractivity contribution in [3.05, 3.63) is 64.2 Å². The predicted octanol–water partition coefficient (Wildman–Crippen LogP) is 5.44. The SMILES string of the molecule is CCCNCc1c(Cl)cccc1SCc1ccccc1C. The van der Waals surface area contributed by atoms with Crippen molar-refractivity contribution in [3.8, 4) is 0 Å². The minimum Gasteiger partial charge on any atom is -0.313 e. The summed E-state index contributed by atoms with van der Waals surface area (Å²) in [5.41, 5.74) is 3.94. The molecule has 2 aromatic rings. The van der Waals surface area contributed by atoms with Gasteiger partial charge in [-0.15, -0.1) is 11.8 Å². The average Bonchev–Trinajstić information content (AvgIpc) is 2.49. The van der Waals surface area contributed by atoms with Gasteiger partial charge in [0.2, 0.25) is 0 Å². The number of thioether (sulfide) groups is 1. The van der Waals surface area contributed by atoms with Crippen LogP contribution in [0.4, 0.5) is 0 Å². The third kappa shape index (κ3) is 4.77. The van der Waals surface area contributed by atoms with Crippen LogP contribution >= 0.6 is 23.4 Å². The number of aryl methyl sites for hydroxylation is 1. The maximum Gasteiger partial charge on any atom is 0.0462 e. The Morgan fingerprint density at radius 1 is 1.10 bits per heavy atom. The van der Waals surface area contributed by atoms with Crippen LogP contribution < -0.4 is 5.32 Å². The van der Waals surface area contributed by atoms with Gasteiger partial charge in [0.1, 0.15) is 0 Å². The topological polar surface area (TPSA) is 12.0 Å². The van der Waals surface area contributed by atoms with Gasteiger partial charge in [0, 0.05) is 22.2 Å². The Hall–Kier alpha value is -0.960. The minimum absolute atomic E-state index is 0.837. The molecule has 0 aromatic heterocycles. The van der Waals surface area contributed by atoms with Crippen molar-refractivity contribution in [3.63, 3.8) is 0 Å². The zero-order valence-electron chi connectivity index (χ0n) is 12.7. The van der Waals surface area contributed by atoms with Gasteiger partial charge in [0.15, 0.2) is 0 Å². The van der Waals surface area contributed by atoms with E-state index in [1.807, 2.05) is 23.9 Å². The summed E-state index contributed by atoms with van der Waals surface area (Å²) < 4.78 is 0. The number of hydrogen-bond donors (Lipinski definition) is 1. The van der Waals surface area contributed by atoms with Crippen molar-refractivity contribution in [1.82, 2.24) is 5.32 Å². The van der Waals surface area contributed by atoms with E-state index >= 15 is 0 Å². The molecule has 0 saturated heterocycles. The smallest absolute Gasteiger partial charge is 0.0462 e. The summed E-state index contributed by atoms with van der Waals surface area (Å²) in [6, 6.07) is 14.7. The van der Waals surface area contributed by atoms with E-state index in [-0.39, 0.29) is 0 Å². The lowest BCUT2D eigenvalue weighted by Crippen LogP contribution is -2.14. The fourth-order valence-electron chi connectivity index (χ4n) is 2.16. The summed E-state index contributed by atoms with van der Waals surface area (Å²) in [4.78, 5) is 1.27. The Balaban J connectivity index is 2.09. The van der Waals surface area contributed by atoms with Gasteiger partial charge in [-0.1, -0.05) is 48.9 Å². The highest BCUT2D eigenvalue weighted by Gasteiger charge is 2.08. The first-order chi connectivity index (χ1) is 10.2. The van der Waals surface area contributed by atoms with Crippen molar-refractivity contribution in [2.75, 3.05) is 6.54 Å². The monoisotopic (exact) mass is 319 g/mol. The first kappa shape index (κ1) is 16.4. The van der Waals surface area contributed by atoms with Crippen LogP contribution in [0.15, 0.2) is 47.4 Å². The first-order valence-electron chi connectivity index (χ1n) is 7.37. The van der Waals surface area contributed by atoms with Gasteiger partial charge in [0.25, 0.3) is 0 Å². The fraction of sp³-hybridized carbons (Fsp3) is 0.333. The van der Waals surface area contributed by atoms with Gasteiger partial charge in [0.05, 0.1) is 0 Å². The maximum absolute atomic E-state index is 6.37. The second-order valence-corrected chi connectivity index (χ2v) is 6.53. The Morgan fingerprint density at radius 2 is 1.90 bits per heavy atom. The van der Waals surface area contributed by atoms with Crippen molar-refractivity contribution in [2.24, 2.45) is 0 Å². The summed E-state index contributed by atoms with van der Waals surface area (Å²) in [6.07, 6.45) is 1.14. The highest BCUT2D eigenvalue weighted by Crippen LogP contribution is 2.31. The van der Waals surface area contributed by atoms with E-state index in [2.05, 4.69) is 49.5 Å². The second kappa shape index (κ2) is 8.47. The largest absolute Gasteiger partial charge is 0.313 e. The number of rotatable bonds is 7. The quantitative estimate of drug-likeness (QED) is 0.538. The summed E-state index contributed by atoms with van der Waals surface area (Å²) in [7, 11) is 0. The lowest BCUT2D eigenvalue weighted by molar-refractivity contribution is 0.669. The van der Waals surface area contributed by atoms with Gasteiger partial charge in [-0.25, -0.2) is 0 Å². The van der Waals surface area contributed by atoms with Crippen LogP contribution in [-0.4, -0.2) is 6.54 Å². The zero-order chi connectivity index (χ0) is 15.1. The molecule has 1 N–H and O–H groups in total. The molecule has 0 fully saturated rings. The van der Waals surface area contributed by atoms with Crippen LogP contribution in [0.2, 0.25) is 5.02 Å². The molecule has 0 amide bonds. The molecule has 0 aliphatic heterocycles. The fourth-order valence-corrected chi connectivity index (χ4v) is 3.63. The molecule has 0 heterocycles. The molecular weight excluding hydrogens is 298 g/mol. The number of nitrogens with one attached hydrogen (secondary N) is 1. The molecule has 112 valence electrons. The van der Waals surface area contributed by atoms with Gasteiger partial charge in [-0.05, 0) is 48.7 Å². The standard InChI is InChI=1S/C18H22ClNS/c1-3-11-20-12-16-17(19)9-6-10-18(16)21-13-15-8-5-4-7-14(15)2/h4-10,20H,3,11-13H2,1-2H3. The molecule has 0 spiro atoms. The molecule has 3 heteroatoms. The molecule has 21 heavy (non-hydrogen) atoms. The summed E-state index contributed by atoms with van der Waals surface area (Å²) in [5, 5.41) is 4.30. The summed E-state index contributed by atoms with van der Waals surface area (Å²) >= 11 is 8.23. The van der Waals surface area contributed by atoms with Crippen molar-refractivity contribution < 1.29 is 0 Å². The van der Waals surface area contributed by atoms with Gasteiger partial charge in [-0.3, -0.25) is 0 Å². The van der Waals surface area contributed by atoms with E-state index in [0.29, 0.717) is 0 Å². The summed E-state index contributed by atoms with van der Waals surface area (Å²) in [5.74, 6) is 0.980. The predicted molar refractivity (Wildman–Crippen MR) is 94.2 cm³/mol. The van der Waals surface area contributed by atoms with Crippen LogP contribution in [0.25, 0.3) is 0 Å². The maximum atomic E-state index is 6.37.